The van der Waals surface area contributed by atoms with Crippen molar-refractivity contribution in [1.29, 1.82) is 0 Å². The summed E-state index contributed by atoms with van der Waals surface area (Å²) in [5.41, 5.74) is 0. The second-order valence-corrected chi connectivity index (χ2v) is 9.18. The van der Waals surface area contributed by atoms with Crippen molar-refractivity contribution in [2.45, 2.75) is 140 Å². The Kier molecular flexibility index (Phi) is 19.6. The highest BCUT2D eigenvalue weighted by Gasteiger charge is 2.45. The molecule has 0 rings (SSSR count). The third kappa shape index (κ3) is 14.4. The molecule has 0 fully saturated rings. The standard InChI is InChI=1S/C26H50O8/c1-3-5-6-7-8-9-10-11-12-13-14-15-16-17-18-19-22(29)34-26(33,4-2)25(32)24(31)23(30)21(28)20-27/h11-12,21,23-25,27-28,30-33H,3-10,13-20H2,1-2H3/b12-11-/t21-,23+,24+,25+,26?/m0/s1. The minimum absolute atomic E-state index is 0.0606. The van der Waals surface area contributed by atoms with Gasteiger partial charge >= 0.3 is 5.97 Å². The molecule has 0 saturated heterocycles. The average molecular weight is 491 g/mol. The number of unbranched alkanes of at least 4 members (excludes halogenated alkanes) is 11. The van der Waals surface area contributed by atoms with Crippen molar-refractivity contribution < 1.29 is 40.2 Å². The molecule has 0 aromatic heterocycles. The summed E-state index contributed by atoms with van der Waals surface area (Å²) in [6.45, 7) is 2.83. The van der Waals surface area contributed by atoms with Crippen LogP contribution in [0.1, 0.15) is 110 Å². The molecule has 0 amide bonds. The highest BCUT2D eigenvalue weighted by Crippen LogP contribution is 2.24. The average Bonchev–Trinajstić information content (AvgIpc) is 2.84. The SMILES string of the molecule is CCCCCCCC/C=C\CCCCCCCC(=O)OC(O)(CC)[C@H](O)[C@H](O)[C@H](O)[C@@H](O)CO. The van der Waals surface area contributed by atoms with Crippen LogP contribution in [0.25, 0.3) is 0 Å². The van der Waals surface area contributed by atoms with Gasteiger partial charge in [-0.05, 0) is 32.1 Å². The summed E-state index contributed by atoms with van der Waals surface area (Å²) in [5, 5.41) is 58.5. The summed E-state index contributed by atoms with van der Waals surface area (Å²) >= 11 is 0. The lowest BCUT2D eigenvalue weighted by Crippen LogP contribution is -2.57. The third-order valence-corrected chi connectivity index (χ3v) is 6.16. The first kappa shape index (κ1) is 33.0. The Morgan fingerprint density at radius 3 is 1.79 bits per heavy atom. The van der Waals surface area contributed by atoms with E-state index in [1.54, 1.807) is 0 Å². The van der Waals surface area contributed by atoms with Gasteiger partial charge in [0.15, 0.2) is 0 Å². The van der Waals surface area contributed by atoms with Gasteiger partial charge in [0.1, 0.15) is 24.4 Å². The topological polar surface area (TPSA) is 148 Å². The smallest absolute Gasteiger partial charge is 0.308 e. The van der Waals surface area contributed by atoms with E-state index in [4.69, 9.17) is 9.84 Å². The number of rotatable bonds is 22. The second-order valence-electron chi connectivity index (χ2n) is 9.18. The Morgan fingerprint density at radius 1 is 0.794 bits per heavy atom. The molecule has 0 aromatic carbocycles. The number of aliphatic hydroxyl groups is 6. The summed E-state index contributed by atoms with van der Waals surface area (Å²) in [7, 11) is 0. The van der Waals surface area contributed by atoms with Gasteiger partial charge in [0.05, 0.1) is 6.61 Å². The van der Waals surface area contributed by atoms with Crippen LogP contribution < -0.4 is 0 Å². The maximum Gasteiger partial charge on any atom is 0.308 e. The first-order valence-electron chi connectivity index (χ1n) is 13.2. The number of esters is 1. The maximum atomic E-state index is 12.1. The van der Waals surface area contributed by atoms with Crippen molar-refractivity contribution in [3.8, 4) is 0 Å². The quantitative estimate of drug-likeness (QED) is 0.0587. The number of ether oxygens (including phenoxy) is 1. The van der Waals surface area contributed by atoms with E-state index in [0.717, 1.165) is 38.5 Å². The molecule has 0 aliphatic rings. The molecule has 0 aliphatic heterocycles. The van der Waals surface area contributed by atoms with Gasteiger partial charge in [-0.25, -0.2) is 0 Å². The van der Waals surface area contributed by atoms with E-state index < -0.39 is 42.8 Å². The second kappa shape index (κ2) is 20.2. The van der Waals surface area contributed by atoms with Crippen molar-refractivity contribution in [1.82, 2.24) is 0 Å². The van der Waals surface area contributed by atoms with Crippen LogP contribution >= 0.6 is 0 Å². The van der Waals surface area contributed by atoms with Crippen LogP contribution in [-0.4, -0.2) is 73.4 Å². The van der Waals surface area contributed by atoms with Crippen LogP contribution in [0.5, 0.6) is 0 Å². The molecule has 34 heavy (non-hydrogen) atoms. The summed E-state index contributed by atoms with van der Waals surface area (Å²) in [6.07, 6.45) is 11.4. The molecule has 0 aromatic rings. The van der Waals surface area contributed by atoms with Crippen LogP contribution in [0.15, 0.2) is 12.2 Å². The number of carbonyl (C=O) groups excluding carboxylic acids is 1. The molecule has 1 unspecified atom stereocenters. The fourth-order valence-corrected chi connectivity index (χ4v) is 3.72. The zero-order chi connectivity index (χ0) is 25.8. The molecule has 8 heteroatoms. The molecule has 6 N–H and O–H groups in total. The molecule has 8 nitrogen and oxygen atoms in total. The molecule has 202 valence electrons. The van der Waals surface area contributed by atoms with Gasteiger partial charge in [-0.1, -0.05) is 77.4 Å². The normalized spacial score (nSPS) is 17.3. The minimum Gasteiger partial charge on any atom is -0.430 e. The molecule has 5 atom stereocenters. The van der Waals surface area contributed by atoms with Gasteiger partial charge in [0, 0.05) is 12.8 Å². The zero-order valence-corrected chi connectivity index (χ0v) is 21.3. The van der Waals surface area contributed by atoms with Crippen LogP contribution in [-0.2, 0) is 9.53 Å². The van der Waals surface area contributed by atoms with E-state index in [1.165, 1.54) is 45.4 Å². The predicted molar refractivity (Wildman–Crippen MR) is 132 cm³/mol. The van der Waals surface area contributed by atoms with Gasteiger partial charge in [-0.15, -0.1) is 0 Å². The number of hydrogen-bond acceptors (Lipinski definition) is 8. The van der Waals surface area contributed by atoms with Gasteiger partial charge in [-0.2, -0.15) is 0 Å². The first-order chi connectivity index (χ1) is 16.2. The van der Waals surface area contributed by atoms with E-state index in [9.17, 15) is 30.3 Å². The van der Waals surface area contributed by atoms with Crippen molar-refractivity contribution in [2.75, 3.05) is 6.61 Å². The number of carbonyl (C=O) groups is 1. The van der Waals surface area contributed by atoms with E-state index in [-0.39, 0.29) is 12.8 Å². The zero-order valence-electron chi connectivity index (χ0n) is 21.3. The van der Waals surface area contributed by atoms with Gasteiger partial charge in [-0.3, -0.25) is 4.79 Å². The number of hydrogen-bond donors (Lipinski definition) is 6. The summed E-state index contributed by atoms with van der Waals surface area (Å²) in [4.78, 5) is 12.1. The Labute approximate surface area is 205 Å². The first-order valence-corrected chi connectivity index (χ1v) is 13.2. The van der Waals surface area contributed by atoms with E-state index in [0.29, 0.717) is 6.42 Å². The molecule has 0 saturated carbocycles. The molecule has 0 aliphatic carbocycles. The fraction of sp³-hybridized carbons (Fsp3) is 0.885. The highest BCUT2D eigenvalue weighted by molar-refractivity contribution is 5.69. The Balaban J connectivity index is 3.99. The summed E-state index contributed by atoms with van der Waals surface area (Å²) < 4.78 is 4.99. The monoisotopic (exact) mass is 490 g/mol. The van der Waals surface area contributed by atoms with Crippen LogP contribution in [0.4, 0.5) is 0 Å². The van der Waals surface area contributed by atoms with Gasteiger partial charge in [0.2, 0.25) is 5.79 Å². The largest absolute Gasteiger partial charge is 0.430 e. The van der Waals surface area contributed by atoms with Gasteiger partial charge in [0.25, 0.3) is 0 Å². The lowest BCUT2D eigenvalue weighted by atomic mass is 9.95. The van der Waals surface area contributed by atoms with Crippen molar-refractivity contribution in [3.05, 3.63) is 12.2 Å². The fourth-order valence-electron chi connectivity index (χ4n) is 3.72. The summed E-state index contributed by atoms with van der Waals surface area (Å²) in [6, 6.07) is 0. The lowest BCUT2D eigenvalue weighted by Gasteiger charge is -2.36. The van der Waals surface area contributed by atoms with Crippen LogP contribution in [0.2, 0.25) is 0 Å². The summed E-state index contributed by atoms with van der Waals surface area (Å²) in [5.74, 6) is -3.13. The molecule has 0 heterocycles. The number of allylic oxidation sites excluding steroid dienone is 2. The molecular formula is C26H50O8. The van der Waals surface area contributed by atoms with Crippen molar-refractivity contribution in [2.24, 2.45) is 0 Å². The molecule has 0 spiro atoms. The molecule has 0 bridgehead atoms. The van der Waals surface area contributed by atoms with E-state index >= 15 is 0 Å². The van der Waals surface area contributed by atoms with Crippen LogP contribution in [0.3, 0.4) is 0 Å². The maximum absolute atomic E-state index is 12.1. The lowest BCUT2D eigenvalue weighted by molar-refractivity contribution is -0.275. The minimum atomic E-state index is -2.41. The molecular weight excluding hydrogens is 440 g/mol. The van der Waals surface area contributed by atoms with Crippen molar-refractivity contribution >= 4 is 5.97 Å². The Hall–Kier alpha value is -1.03. The predicted octanol–water partition coefficient (Wildman–Crippen LogP) is 3.10. The van der Waals surface area contributed by atoms with E-state index in [2.05, 4.69) is 19.1 Å². The van der Waals surface area contributed by atoms with Crippen LogP contribution in [0, 0.1) is 0 Å². The van der Waals surface area contributed by atoms with Crippen molar-refractivity contribution in [3.63, 3.8) is 0 Å². The third-order valence-electron chi connectivity index (χ3n) is 6.16. The highest BCUT2D eigenvalue weighted by atomic mass is 16.7. The van der Waals surface area contributed by atoms with E-state index in [1.807, 2.05) is 0 Å². The molecule has 0 radical (unpaired) electrons. The Bertz CT molecular complexity index is 527. The van der Waals surface area contributed by atoms with Gasteiger partial charge < -0.3 is 35.4 Å². The Morgan fingerprint density at radius 2 is 1.29 bits per heavy atom. The number of aliphatic hydroxyl groups excluding tert-OH is 5.